The zero-order valence-corrected chi connectivity index (χ0v) is 16.7. The molecule has 0 aliphatic heterocycles. The molecule has 0 saturated carbocycles. The Morgan fingerprint density at radius 2 is 1.62 bits per heavy atom. The van der Waals surface area contributed by atoms with Crippen LogP contribution in [0.25, 0.3) is 0 Å². The SMILES string of the molecule is CCCCCCCCC(CCCCCC)OC(=O)Cn1cc(CO)nn1. The lowest BCUT2D eigenvalue weighted by molar-refractivity contribution is -0.150. The molecule has 1 aromatic rings. The van der Waals surface area contributed by atoms with Gasteiger partial charge in [-0.05, 0) is 25.7 Å². The molecule has 26 heavy (non-hydrogen) atoms. The first-order chi connectivity index (χ1) is 12.7. The molecule has 1 aromatic heterocycles. The third-order valence-electron chi connectivity index (χ3n) is 4.60. The molecular weight excluding hydrogens is 330 g/mol. The van der Waals surface area contributed by atoms with E-state index in [1.165, 1.54) is 56.0 Å². The zero-order chi connectivity index (χ0) is 19.0. The van der Waals surface area contributed by atoms with Gasteiger partial charge < -0.3 is 9.84 Å². The molecule has 6 heteroatoms. The summed E-state index contributed by atoms with van der Waals surface area (Å²) in [4.78, 5) is 12.2. The maximum atomic E-state index is 12.2. The van der Waals surface area contributed by atoms with E-state index in [4.69, 9.17) is 9.84 Å². The summed E-state index contributed by atoms with van der Waals surface area (Å²) in [7, 11) is 0. The van der Waals surface area contributed by atoms with Gasteiger partial charge in [0.2, 0.25) is 0 Å². The lowest BCUT2D eigenvalue weighted by Crippen LogP contribution is -2.22. The summed E-state index contributed by atoms with van der Waals surface area (Å²) in [5.41, 5.74) is 0.459. The summed E-state index contributed by atoms with van der Waals surface area (Å²) in [6, 6.07) is 0. The molecule has 0 saturated heterocycles. The standard InChI is InChI=1S/C20H37N3O3/c1-3-5-7-9-10-12-14-19(13-11-8-6-4-2)26-20(25)16-23-15-18(17-24)21-22-23/h15,19,24H,3-14,16-17H2,1-2H3. The van der Waals surface area contributed by atoms with E-state index < -0.39 is 0 Å². The summed E-state index contributed by atoms with van der Waals surface area (Å²) in [6.45, 7) is 4.30. The monoisotopic (exact) mass is 367 g/mol. The van der Waals surface area contributed by atoms with Crippen molar-refractivity contribution in [3.63, 3.8) is 0 Å². The van der Waals surface area contributed by atoms with Crippen molar-refractivity contribution < 1.29 is 14.6 Å². The fourth-order valence-electron chi connectivity index (χ4n) is 3.06. The summed E-state index contributed by atoms with van der Waals surface area (Å²) in [5, 5.41) is 16.6. The second-order valence-corrected chi connectivity index (χ2v) is 7.08. The van der Waals surface area contributed by atoms with E-state index in [0.717, 1.165) is 25.7 Å². The molecule has 6 nitrogen and oxygen atoms in total. The predicted octanol–water partition coefficient (Wildman–Crippen LogP) is 4.40. The molecule has 0 spiro atoms. The number of ether oxygens (including phenoxy) is 1. The lowest BCUT2D eigenvalue weighted by atomic mass is 10.0. The van der Waals surface area contributed by atoms with Crippen molar-refractivity contribution >= 4 is 5.97 Å². The molecular formula is C20H37N3O3. The van der Waals surface area contributed by atoms with Crippen LogP contribution in [0.4, 0.5) is 0 Å². The second kappa shape index (κ2) is 14.7. The Labute approximate surface area is 158 Å². The van der Waals surface area contributed by atoms with Crippen molar-refractivity contribution in [3.05, 3.63) is 11.9 Å². The van der Waals surface area contributed by atoms with Crippen LogP contribution in [-0.2, 0) is 22.7 Å². The largest absolute Gasteiger partial charge is 0.461 e. The summed E-state index contributed by atoms with van der Waals surface area (Å²) < 4.78 is 7.14. The number of aliphatic hydroxyl groups is 1. The van der Waals surface area contributed by atoms with E-state index in [0.29, 0.717) is 5.69 Å². The maximum Gasteiger partial charge on any atom is 0.328 e. The zero-order valence-electron chi connectivity index (χ0n) is 16.7. The molecule has 1 N–H and O–H groups in total. The topological polar surface area (TPSA) is 77.2 Å². The summed E-state index contributed by atoms with van der Waals surface area (Å²) in [6.07, 6.45) is 15.7. The van der Waals surface area contributed by atoms with Crippen LogP contribution < -0.4 is 0 Å². The molecule has 0 bridgehead atoms. The van der Waals surface area contributed by atoms with Crippen LogP contribution in [0.5, 0.6) is 0 Å². The Kier molecular flexibility index (Phi) is 12.8. The van der Waals surface area contributed by atoms with E-state index in [9.17, 15) is 4.79 Å². The van der Waals surface area contributed by atoms with Crippen LogP contribution in [0, 0.1) is 0 Å². The first-order valence-corrected chi connectivity index (χ1v) is 10.4. The van der Waals surface area contributed by atoms with E-state index in [1.807, 2.05) is 0 Å². The molecule has 1 rings (SSSR count). The van der Waals surface area contributed by atoms with Gasteiger partial charge in [0.15, 0.2) is 0 Å². The molecule has 0 amide bonds. The second-order valence-electron chi connectivity index (χ2n) is 7.08. The number of nitrogens with zero attached hydrogens (tertiary/aromatic N) is 3. The average Bonchev–Trinajstić information content (AvgIpc) is 3.08. The van der Waals surface area contributed by atoms with Crippen molar-refractivity contribution in [1.82, 2.24) is 15.0 Å². The average molecular weight is 368 g/mol. The van der Waals surface area contributed by atoms with Crippen molar-refractivity contribution in [2.45, 2.75) is 110 Å². The van der Waals surface area contributed by atoms with Crippen LogP contribution in [0.15, 0.2) is 6.20 Å². The third kappa shape index (κ3) is 10.5. The Hall–Kier alpha value is -1.43. The van der Waals surface area contributed by atoms with Gasteiger partial charge in [0, 0.05) is 0 Å². The van der Waals surface area contributed by atoms with Crippen molar-refractivity contribution in [2.24, 2.45) is 0 Å². The Balaban J connectivity index is 2.36. The van der Waals surface area contributed by atoms with Gasteiger partial charge in [0.1, 0.15) is 18.3 Å². The van der Waals surface area contributed by atoms with E-state index in [1.54, 1.807) is 6.20 Å². The number of aromatic nitrogens is 3. The molecule has 1 heterocycles. The van der Waals surface area contributed by atoms with Crippen molar-refractivity contribution in [2.75, 3.05) is 0 Å². The maximum absolute atomic E-state index is 12.2. The predicted molar refractivity (Wildman–Crippen MR) is 103 cm³/mol. The number of rotatable bonds is 16. The molecule has 0 radical (unpaired) electrons. The molecule has 150 valence electrons. The van der Waals surface area contributed by atoms with Gasteiger partial charge in [-0.1, -0.05) is 70.4 Å². The molecule has 0 aliphatic carbocycles. The van der Waals surface area contributed by atoms with Crippen molar-refractivity contribution in [3.8, 4) is 0 Å². The Bertz CT molecular complexity index is 477. The molecule has 0 aromatic carbocycles. The molecule has 1 unspecified atom stereocenters. The number of unbranched alkanes of at least 4 members (excludes halogenated alkanes) is 8. The normalized spacial score (nSPS) is 12.3. The van der Waals surface area contributed by atoms with Gasteiger partial charge in [-0.2, -0.15) is 0 Å². The number of carbonyl (C=O) groups is 1. The van der Waals surface area contributed by atoms with Gasteiger partial charge in [0.25, 0.3) is 0 Å². The molecule has 0 fully saturated rings. The first-order valence-electron chi connectivity index (χ1n) is 10.4. The quantitative estimate of drug-likeness (QED) is 0.346. The number of hydrogen-bond donors (Lipinski definition) is 1. The molecule has 1 atom stereocenters. The van der Waals surface area contributed by atoms with Crippen LogP contribution in [0.3, 0.4) is 0 Å². The van der Waals surface area contributed by atoms with Crippen LogP contribution >= 0.6 is 0 Å². The van der Waals surface area contributed by atoms with Crippen molar-refractivity contribution in [1.29, 1.82) is 0 Å². The first kappa shape index (κ1) is 22.6. The highest BCUT2D eigenvalue weighted by atomic mass is 16.5. The van der Waals surface area contributed by atoms with Crippen LogP contribution in [-0.4, -0.2) is 32.2 Å². The fourth-order valence-corrected chi connectivity index (χ4v) is 3.06. The highest BCUT2D eigenvalue weighted by Gasteiger charge is 2.15. The van der Waals surface area contributed by atoms with Crippen LogP contribution in [0.2, 0.25) is 0 Å². The Morgan fingerprint density at radius 3 is 2.19 bits per heavy atom. The van der Waals surface area contributed by atoms with Gasteiger partial charge in [-0.3, -0.25) is 4.79 Å². The van der Waals surface area contributed by atoms with E-state index >= 15 is 0 Å². The third-order valence-corrected chi connectivity index (χ3v) is 4.60. The van der Waals surface area contributed by atoms with Gasteiger partial charge >= 0.3 is 5.97 Å². The Morgan fingerprint density at radius 1 is 1.04 bits per heavy atom. The number of aliphatic hydroxyl groups excluding tert-OH is 1. The van der Waals surface area contributed by atoms with Gasteiger partial charge in [0.05, 0.1) is 12.8 Å². The number of hydrogen-bond acceptors (Lipinski definition) is 5. The smallest absolute Gasteiger partial charge is 0.328 e. The highest BCUT2D eigenvalue weighted by Crippen LogP contribution is 2.16. The highest BCUT2D eigenvalue weighted by molar-refractivity contribution is 5.69. The lowest BCUT2D eigenvalue weighted by Gasteiger charge is -2.18. The number of esters is 1. The molecule has 0 aliphatic rings. The minimum atomic E-state index is -0.272. The summed E-state index contributed by atoms with van der Waals surface area (Å²) in [5.74, 6) is -0.272. The number of carbonyl (C=O) groups excluding carboxylic acids is 1. The fraction of sp³-hybridized carbons (Fsp3) is 0.850. The van der Waals surface area contributed by atoms with Gasteiger partial charge in [-0.25, -0.2) is 4.68 Å². The minimum Gasteiger partial charge on any atom is -0.461 e. The van der Waals surface area contributed by atoms with E-state index in [2.05, 4.69) is 24.2 Å². The van der Waals surface area contributed by atoms with E-state index in [-0.39, 0.29) is 25.2 Å². The minimum absolute atomic E-state index is 0.00589. The summed E-state index contributed by atoms with van der Waals surface area (Å²) >= 11 is 0. The van der Waals surface area contributed by atoms with Gasteiger partial charge in [-0.15, -0.1) is 5.10 Å². The van der Waals surface area contributed by atoms with Crippen LogP contribution in [0.1, 0.15) is 96.6 Å².